The molecule has 4 rings (SSSR count). The molecule has 3 amide bonds. The number of amides is 3. The molecule has 0 radical (unpaired) electrons. The fraction of sp³-hybridized carbons (Fsp3) is 0.440. The predicted octanol–water partition coefficient (Wildman–Crippen LogP) is 3.82. The Bertz CT molecular complexity index is 911. The van der Waals surface area contributed by atoms with Crippen molar-refractivity contribution in [2.75, 3.05) is 43.4 Å². The Morgan fingerprint density at radius 3 is 2.31 bits per heavy atom. The molecule has 1 atom stereocenters. The van der Waals surface area contributed by atoms with Crippen LogP contribution in [0, 0.1) is 0 Å². The molecule has 0 bridgehead atoms. The number of carbonyl (C=O) groups is 2. The van der Waals surface area contributed by atoms with E-state index in [0.717, 1.165) is 49.5 Å². The molecule has 0 spiro atoms. The lowest BCUT2D eigenvalue weighted by Gasteiger charge is -2.32. The number of anilines is 2. The third kappa shape index (κ3) is 5.33. The van der Waals surface area contributed by atoms with Crippen LogP contribution in [0.1, 0.15) is 26.2 Å². The van der Waals surface area contributed by atoms with Crippen LogP contribution in [0.5, 0.6) is 5.75 Å². The van der Waals surface area contributed by atoms with E-state index >= 15 is 0 Å². The molecule has 2 saturated heterocycles. The molecule has 7 nitrogen and oxygen atoms in total. The second kappa shape index (κ2) is 9.94. The van der Waals surface area contributed by atoms with E-state index in [2.05, 4.69) is 10.2 Å². The molecule has 0 aliphatic carbocycles. The van der Waals surface area contributed by atoms with Gasteiger partial charge in [-0.1, -0.05) is 18.2 Å². The van der Waals surface area contributed by atoms with Crippen molar-refractivity contribution in [3.8, 4) is 5.75 Å². The van der Waals surface area contributed by atoms with E-state index < -0.39 is 0 Å². The van der Waals surface area contributed by atoms with Crippen molar-refractivity contribution in [1.82, 2.24) is 9.80 Å². The van der Waals surface area contributed by atoms with Crippen molar-refractivity contribution in [1.29, 1.82) is 0 Å². The highest BCUT2D eigenvalue weighted by atomic mass is 16.5. The van der Waals surface area contributed by atoms with Gasteiger partial charge in [0.1, 0.15) is 11.9 Å². The fourth-order valence-corrected chi connectivity index (χ4v) is 4.38. The normalized spacial score (nSPS) is 19.0. The highest BCUT2D eigenvalue weighted by Gasteiger charge is 2.27. The molecule has 32 heavy (non-hydrogen) atoms. The maximum atomic E-state index is 12.7. The minimum absolute atomic E-state index is 0.0692. The van der Waals surface area contributed by atoms with Crippen molar-refractivity contribution in [3.05, 3.63) is 54.6 Å². The number of piperidine rings is 1. The van der Waals surface area contributed by atoms with Crippen LogP contribution in [-0.2, 0) is 4.79 Å². The smallest absolute Gasteiger partial charge is 0.321 e. The summed E-state index contributed by atoms with van der Waals surface area (Å²) in [6.07, 6.45) is 2.77. The molecule has 0 aromatic heterocycles. The highest BCUT2D eigenvalue weighted by Crippen LogP contribution is 2.25. The molecule has 7 heteroatoms. The number of carbonyl (C=O) groups excluding carboxylic acids is 2. The number of benzene rings is 2. The van der Waals surface area contributed by atoms with Crippen LogP contribution in [0.15, 0.2) is 54.6 Å². The van der Waals surface area contributed by atoms with Gasteiger partial charge in [0.2, 0.25) is 5.91 Å². The lowest BCUT2D eigenvalue weighted by Crippen LogP contribution is -2.43. The molecule has 1 unspecified atom stereocenters. The Morgan fingerprint density at radius 2 is 1.66 bits per heavy atom. The van der Waals surface area contributed by atoms with Gasteiger partial charge in [0, 0.05) is 64.4 Å². The van der Waals surface area contributed by atoms with Crippen LogP contribution < -0.4 is 15.0 Å². The van der Waals surface area contributed by atoms with E-state index in [4.69, 9.17) is 4.74 Å². The maximum Gasteiger partial charge on any atom is 0.321 e. The SMILES string of the molecule is CC(=O)N(C)C1CCN(c2ccc(NC(=O)N3CCC(Oc4ccccc4)CC3)cc2)C1. The van der Waals surface area contributed by atoms with Gasteiger partial charge in [-0.3, -0.25) is 4.79 Å². The van der Waals surface area contributed by atoms with E-state index in [0.29, 0.717) is 13.1 Å². The molecule has 1 N–H and O–H groups in total. The number of hydrogen-bond acceptors (Lipinski definition) is 4. The predicted molar refractivity (Wildman–Crippen MR) is 126 cm³/mol. The first-order chi connectivity index (χ1) is 15.5. The van der Waals surface area contributed by atoms with Crippen molar-refractivity contribution in [2.45, 2.75) is 38.3 Å². The first-order valence-electron chi connectivity index (χ1n) is 11.4. The second-order valence-electron chi connectivity index (χ2n) is 8.61. The summed E-state index contributed by atoms with van der Waals surface area (Å²) < 4.78 is 6.01. The van der Waals surface area contributed by atoms with Gasteiger partial charge in [0.05, 0.1) is 6.04 Å². The van der Waals surface area contributed by atoms with Gasteiger partial charge in [-0.25, -0.2) is 4.79 Å². The third-order valence-corrected chi connectivity index (χ3v) is 6.47. The number of likely N-dealkylation sites (tertiary alicyclic amines) is 1. The van der Waals surface area contributed by atoms with Crippen molar-refractivity contribution < 1.29 is 14.3 Å². The number of nitrogens with zero attached hydrogens (tertiary/aromatic N) is 3. The van der Waals surface area contributed by atoms with E-state index in [1.165, 1.54) is 0 Å². The van der Waals surface area contributed by atoms with E-state index in [1.807, 2.05) is 71.4 Å². The Kier molecular flexibility index (Phi) is 6.83. The van der Waals surface area contributed by atoms with Crippen LogP contribution in [0.2, 0.25) is 0 Å². The molecule has 2 aromatic rings. The monoisotopic (exact) mass is 436 g/mol. The molecule has 2 aliphatic rings. The van der Waals surface area contributed by atoms with Crippen LogP contribution in [0.3, 0.4) is 0 Å². The van der Waals surface area contributed by atoms with Gasteiger partial charge in [-0.15, -0.1) is 0 Å². The summed E-state index contributed by atoms with van der Waals surface area (Å²) >= 11 is 0. The van der Waals surface area contributed by atoms with Gasteiger partial charge in [-0.2, -0.15) is 0 Å². The molecular formula is C25H32N4O3. The lowest BCUT2D eigenvalue weighted by molar-refractivity contribution is -0.129. The quantitative estimate of drug-likeness (QED) is 0.774. The van der Waals surface area contributed by atoms with Gasteiger partial charge < -0.3 is 24.8 Å². The Balaban J connectivity index is 1.24. The number of likely N-dealkylation sites (N-methyl/N-ethyl adjacent to an activating group) is 1. The maximum absolute atomic E-state index is 12.7. The first-order valence-corrected chi connectivity index (χ1v) is 11.4. The first kappa shape index (κ1) is 22.0. The summed E-state index contributed by atoms with van der Waals surface area (Å²) in [5, 5.41) is 3.01. The number of rotatable bonds is 5. The van der Waals surface area contributed by atoms with Crippen LogP contribution >= 0.6 is 0 Å². The summed E-state index contributed by atoms with van der Waals surface area (Å²) in [6.45, 7) is 4.73. The van der Waals surface area contributed by atoms with Gasteiger partial charge in [-0.05, 0) is 42.8 Å². The average Bonchev–Trinajstić information content (AvgIpc) is 3.30. The highest BCUT2D eigenvalue weighted by molar-refractivity contribution is 5.89. The Labute approximate surface area is 189 Å². The second-order valence-corrected chi connectivity index (χ2v) is 8.61. The van der Waals surface area contributed by atoms with Crippen molar-refractivity contribution >= 4 is 23.3 Å². The van der Waals surface area contributed by atoms with Crippen LogP contribution in [0.4, 0.5) is 16.2 Å². The molecule has 2 fully saturated rings. The van der Waals surface area contributed by atoms with Gasteiger partial charge in [0.15, 0.2) is 0 Å². The average molecular weight is 437 g/mol. The van der Waals surface area contributed by atoms with E-state index in [9.17, 15) is 9.59 Å². The lowest BCUT2D eigenvalue weighted by atomic mass is 10.1. The molecule has 2 heterocycles. The van der Waals surface area contributed by atoms with Crippen molar-refractivity contribution in [3.63, 3.8) is 0 Å². The molecule has 0 saturated carbocycles. The fourth-order valence-electron chi connectivity index (χ4n) is 4.38. The van der Waals surface area contributed by atoms with Crippen LogP contribution in [0.25, 0.3) is 0 Å². The Morgan fingerprint density at radius 1 is 0.969 bits per heavy atom. The molecule has 2 aliphatic heterocycles. The van der Waals surface area contributed by atoms with Crippen molar-refractivity contribution in [2.24, 2.45) is 0 Å². The largest absolute Gasteiger partial charge is 0.490 e. The van der Waals surface area contributed by atoms with E-state index in [1.54, 1.807) is 6.92 Å². The standard InChI is InChI=1S/C25H32N4O3/c1-19(30)27(2)22-12-15-29(18-22)21-10-8-20(9-11-21)26-25(31)28-16-13-24(14-17-28)32-23-6-4-3-5-7-23/h3-11,22,24H,12-18H2,1-2H3,(H,26,31). The van der Waals surface area contributed by atoms with Gasteiger partial charge in [0.25, 0.3) is 0 Å². The zero-order valence-electron chi connectivity index (χ0n) is 18.9. The summed E-state index contributed by atoms with van der Waals surface area (Å²) in [5.41, 5.74) is 1.90. The topological polar surface area (TPSA) is 65.1 Å². The third-order valence-electron chi connectivity index (χ3n) is 6.47. The molecule has 170 valence electrons. The summed E-state index contributed by atoms with van der Waals surface area (Å²) in [6, 6.07) is 18.0. The number of hydrogen-bond donors (Lipinski definition) is 1. The van der Waals surface area contributed by atoms with E-state index in [-0.39, 0.29) is 24.1 Å². The number of urea groups is 1. The zero-order chi connectivity index (χ0) is 22.5. The summed E-state index contributed by atoms with van der Waals surface area (Å²) in [4.78, 5) is 30.2. The molecule has 2 aromatic carbocycles. The summed E-state index contributed by atoms with van der Waals surface area (Å²) in [7, 11) is 1.87. The van der Waals surface area contributed by atoms with Crippen LogP contribution in [-0.4, -0.2) is 67.1 Å². The summed E-state index contributed by atoms with van der Waals surface area (Å²) in [5.74, 6) is 0.985. The van der Waals surface area contributed by atoms with Gasteiger partial charge >= 0.3 is 6.03 Å². The number of ether oxygens (including phenoxy) is 1. The minimum Gasteiger partial charge on any atom is -0.490 e. The minimum atomic E-state index is -0.0692. The number of nitrogens with one attached hydrogen (secondary N) is 1. The molecular weight excluding hydrogens is 404 g/mol. The number of para-hydroxylation sites is 1. The zero-order valence-corrected chi connectivity index (χ0v) is 18.9. The Hall–Kier alpha value is -3.22.